The lowest BCUT2D eigenvalue weighted by Gasteiger charge is -2.29. The number of fused-ring (bicyclic) bond motifs is 3. The van der Waals surface area contributed by atoms with Crippen LogP contribution >= 0.6 is 0 Å². The zero-order chi connectivity index (χ0) is 26.1. The van der Waals surface area contributed by atoms with Crippen molar-refractivity contribution in [2.75, 3.05) is 13.7 Å². The maximum atomic E-state index is 14.0. The highest BCUT2D eigenvalue weighted by atomic mass is 16.5. The third-order valence-electron chi connectivity index (χ3n) is 7.40. The van der Waals surface area contributed by atoms with E-state index in [-0.39, 0.29) is 17.9 Å². The van der Waals surface area contributed by atoms with E-state index in [0.29, 0.717) is 17.9 Å². The number of carbonyl (C=O) groups excluding carboxylic acids is 2. The Bertz CT molecular complexity index is 1640. The monoisotopic (exact) mass is 504 g/mol. The molecule has 0 fully saturated rings. The van der Waals surface area contributed by atoms with Gasteiger partial charge >= 0.3 is 5.97 Å². The molecule has 5 aromatic rings. The van der Waals surface area contributed by atoms with Crippen LogP contribution in [0.4, 0.5) is 0 Å². The van der Waals surface area contributed by atoms with Crippen molar-refractivity contribution in [1.29, 1.82) is 0 Å². The second-order valence-electron chi connectivity index (χ2n) is 9.63. The van der Waals surface area contributed by atoms with Gasteiger partial charge in [-0.3, -0.25) is 4.79 Å². The number of methoxy groups -OCH3 is 1. The standard InChI is InChI=1S/C32H28N2O4/c1-37-31(35)15-11-21-10-13-26-22(18-21)12-14-28(26)34(17-16-24-20-33-27-8-4-3-7-25(24)27)32(36)30-19-23-6-2-5-9-29(23)38-30/h2-11,13,15,18-20,28,33H,12,14,16-17H2,1H3. The lowest BCUT2D eigenvalue weighted by atomic mass is 10.0. The predicted octanol–water partition coefficient (Wildman–Crippen LogP) is 6.47. The predicted molar refractivity (Wildman–Crippen MR) is 148 cm³/mol. The number of aromatic nitrogens is 1. The first-order chi connectivity index (χ1) is 18.6. The van der Waals surface area contributed by atoms with Crippen molar-refractivity contribution in [2.45, 2.75) is 25.3 Å². The molecule has 1 N–H and O–H groups in total. The summed E-state index contributed by atoms with van der Waals surface area (Å²) in [5, 5.41) is 2.10. The number of aromatic amines is 1. The summed E-state index contributed by atoms with van der Waals surface area (Å²) in [7, 11) is 1.36. The molecule has 0 saturated heterocycles. The molecule has 0 spiro atoms. The number of furan rings is 1. The second kappa shape index (κ2) is 10.1. The van der Waals surface area contributed by atoms with Crippen LogP contribution in [0, 0.1) is 0 Å². The first-order valence-electron chi connectivity index (χ1n) is 12.8. The highest BCUT2D eigenvalue weighted by molar-refractivity contribution is 5.96. The molecule has 0 aliphatic heterocycles. The molecule has 1 aliphatic rings. The summed E-state index contributed by atoms with van der Waals surface area (Å²) in [6.45, 7) is 0.561. The first-order valence-corrected chi connectivity index (χ1v) is 12.8. The average molecular weight is 505 g/mol. The van der Waals surface area contributed by atoms with Crippen molar-refractivity contribution in [3.05, 3.63) is 113 Å². The Balaban J connectivity index is 1.32. The summed E-state index contributed by atoms with van der Waals surface area (Å²) >= 11 is 0. The molecule has 2 heterocycles. The topological polar surface area (TPSA) is 75.5 Å². The summed E-state index contributed by atoms with van der Waals surface area (Å²) in [6.07, 6.45) is 7.63. The second-order valence-corrected chi connectivity index (χ2v) is 9.63. The van der Waals surface area contributed by atoms with Gasteiger partial charge in [-0.05, 0) is 65.8 Å². The summed E-state index contributed by atoms with van der Waals surface area (Å²) in [6, 6.07) is 23.9. The fraction of sp³-hybridized carbons (Fsp3) is 0.188. The smallest absolute Gasteiger partial charge is 0.330 e. The molecule has 38 heavy (non-hydrogen) atoms. The zero-order valence-corrected chi connectivity index (χ0v) is 21.1. The number of aryl methyl sites for hydroxylation is 1. The number of hydrogen-bond acceptors (Lipinski definition) is 4. The van der Waals surface area contributed by atoms with Gasteiger partial charge in [-0.1, -0.05) is 54.6 Å². The van der Waals surface area contributed by atoms with E-state index in [2.05, 4.69) is 29.2 Å². The fourth-order valence-electron chi connectivity index (χ4n) is 5.48. The SMILES string of the molecule is COC(=O)C=Cc1ccc2c(c1)CCC2N(CCc1c[nH]c2ccccc12)C(=O)c1cc2ccccc2o1. The minimum Gasteiger partial charge on any atom is -0.466 e. The van der Waals surface area contributed by atoms with Gasteiger partial charge in [-0.25, -0.2) is 4.79 Å². The molecule has 190 valence electrons. The summed E-state index contributed by atoms with van der Waals surface area (Å²) in [4.78, 5) is 30.8. The lowest BCUT2D eigenvalue weighted by Crippen LogP contribution is -2.35. The van der Waals surface area contributed by atoms with Crippen LogP contribution < -0.4 is 0 Å². The molecule has 1 atom stereocenters. The number of carbonyl (C=O) groups is 2. The number of nitrogens with zero attached hydrogens (tertiary/aromatic N) is 1. The van der Waals surface area contributed by atoms with Gasteiger partial charge in [0.15, 0.2) is 5.76 Å². The van der Waals surface area contributed by atoms with Gasteiger partial charge < -0.3 is 19.0 Å². The van der Waals surface area contributed by atoms with Crippen LogP contribution in [0.5, 0.6) is 0 Å². The number of rotatable bonds is 7. The lowest BCUT2D eigenvalue weighted by molar-refractivity contribution is -0.134. The van der Waals surface area contributed by atoms with Crippen molar-refractivity contribution < 1.29 is 18.7 Å². The Morgan fingerprint density at radius 1 is 1.08 bits per heavy atom. The zero-order valence-electron chi connectivity index (χ0n) is 21.1. The molecule has 1 amide bonds. The maximum absolute atomic E-state index is 14.0. The average Bonchev–Trinajstić information content (AvgIpc) is 3.68. The number of ether oxygens (including phenoxy) is 1. The number of hydrogen-bond donors (Lipinski definition) is 1. The van der Waals surface area contributed by atoms with Gasteiger partial charge in [0.1, 0.15) is 5.58 Å². The Morgan fingerprint density at radius 2 is 1.92 bits per heavy atom. The third-order valence-corrected chi connectivity index (χ3v) is 7.40. The Kier molecular flexibility index (Phi) is 6.30. The van der Waals surface area contributed by atoms with Gasteiger partial charge in [-0.2, -0.15) is 0 Å². The number of H-pyrrole nitrogens is 1. The number of esters is 1. The quantitative estimate of drug-likeness (QED) is 0.204. The molecule has 1 aliphatic carbocycles. The largest absolute Gasteiger partial charge is 0.466 e. The van der Waals surface area contributed by atoms with Crippen molar-refractivity contribution in [3.8, 4) is 0 Å². The maximum Gasteiger partial charge on any atom is 0.330 e. The Labute approximate surface area is 220 Å². The van der Waals surface area contributed by atoms with E-state index >= 15 is 0 Å². The minimum absolute atomic E-state index is 0.0606. The van der Waals surface area contributed by atoms with Crippen molar-refractivity contribution in [3.63, 3.8) is 0 Å². The molecule has 0 saturated carbocycles. The van der Waals surface area contributed by atoms with E-state index in [4.69, 9.17) is 9.15 Å². The summed E-state index contributed by atoms with van der Waals surface area (Å²) < 4.78 is 10.7. The first kappa shape index (κ1) is 23.8. The van der Waals surface area contributed by atoms with Crippen LogP contribution in [0.15, 0.2) is 89.5 Å². The molecule has 0 bridgehead atoms. The molecular formula is C32H28N2O4. The molecule has 6 rings (SSSR count). The van der Waals surface area contributed by atoms with Crippen molar-refractivity contribution >= 4 is 39.8 Å². The summed E-state index contributed by atoms with van der Waals surface area (Å²) in [5.74, 6) is -0.131. The van der Waals surface area contributed by atoms with Crippen LogP contribution in [0.3, 0.4) is 0 Å². The number of benzene rings is 3. The van der Waals surface area contributed by atoms with Crippen LogP contribution in [0.2, 0.25) is 0 Å². The highest BCUT2D eigenvalue weighted by Crippen LogP contribution is 2.38. The van der Waals surface area contributed by atoms with E-state index in [9.17, 15) is 9.59 Å². The molecule has 6 heteroatoms. The molecule has 6 nitrogen and oxygen atoms in total. The highest BCUT2D eigenvalue weighted by Gasteiger charge is 2.33. The van der Waals surface area contributed by atoms with E-state index in [0.717, 1.165) is 41.3 Å². The van der Waals surface area contributed by atoms with E-state index in [1.165, 1.54) is 29.7 Å². The number of nitrogens with one attached hydrogen (secondary N) is 1. The van der Waals surface area contributed by atoms with Crippen molar-refractivity contribution in [1.82, 2.24) is 9.88 Å². The van der Waals surface area contributed by atoms with Crippen LogP contribution in [-0.4, -0.2) is 35.4 Å². The number of amides is 1. The molecular weight excluding hydrogens is 476 g/mol. The van der Waals surface area contributed by atoms with Crippen LogP contribution in [0.25, 0.3) is 27.9 Å². The minimum atomic E-state index is -0.386. The van der Waals surface area contributed by atoms with Gasteiger partial charge in [-0.15, -0.1) is 0 Å². The van der Waals surface area contributed by atoms with E-state index in [1.807, 2.05) is 59.6 Å². The van der Waals surface area contributed by atoms with E-state index < -0.39 is 0 Å². The third kappa shape index (κ3) is 4.50. The van der Waals surface area contributed by atoms with Gasteiger partial charge in [0, 0.05) is 35.1 Å². The normalized spacial score (nSPS) is 14.8. The summed E-state index contributed by atoms with van der Waals surface area (Å²) in [5.41, 5.74) is 6.26. The van der Waals surface area contributed by atoms with Crippen LogP contribution in [0.1, 0.15) is 45.3 Å². The van der Waals surface area contributed by atoms with Gasteiger partial charge in [0.05, 0.1) is 13.2 Å². The molecule has 2 aromatic heterocycles. The molecule has 3 aromatic carbocycles. The van der Waals surface area contributed by atoms with Crippen LogP contribution in [-0.2, 0) is 22.4 Å². The molecule has 1 unspecified atom stereocenters. The van der Waals surface area contributed by atoms with E-state index in [1.54, 1.807) is 6.08 Å². The van der Waals surface area contributed by atoms with Gasteiger partial charge in [0.2, 0.25) is 0 Å². The number of para-hydroxylation sites is 2. The van der Waals surface area contributed by atoms with Crippen molar-refractivity contribution in [2.24, 2.45) is 0 Å². The fourth-order valence-corrected chi connectivity index (χ4v) is 5.48. The van der Waals surface area contributed by atoms with Gasteiger partial charge in [0.25, 0.3) is 5.91 Å². The Morgan fingerprint density at radius 3 is 2.79 bits per heavy atom. The molecule has 0 radical (unpaired) electrons. The Hall–Kier alpha value is -4.58.